The number of ether oxygens (including phenoxy) is 2. The molecule has 0 aromatic heterocycles. The van der Waals surface area contributed by atoms with Crippen LogP contribution < -0.4 is 5.73 Å². The zero-order chi connectivity index (χ0) is 11.0. The summed E-state index contributed by atoms with van der Waals surface area (Å²) in [6.45, 7) is 2.43. The summed E-state index contributed by atoms with van der Waals surface area (Å²) in [4.78, 5) is 11.2. The minimum atomic E-state index is -0.882. The molecule has 0 aromatic rings. The first kappa shape index (κ1) is 13.7. The third-order valence-electron chi connectivity index (χ3n) is 1.69. The lowest BCUT2D eigenvalue weighted by Crippen LogP contribution is -2.48. The van der Waals surface area contributed by atoms with E-state index in [2.05, 4.69) is 4.74 Å². The predicted octanol–water partition coefficient (Wildman–Crippen LogP) is 0.647. The Bertz CT molecular complexity index is 173. The Hall–Kier alpha value is -0.260. The summed E-state index contributed by atoms with van der Waals surface area (Å²) in [5.41, 5.74) is 4.88. The van der Waals surface area contributed by atoms with E-state index in [0.717, 1.165) is 18.8 Å². The van der Waals surface area contributed by atoms with Crippen molar-refractivity contribution in [3.63, 3.8) is 0 Å². The van der Waals surface area contributed by atoms with Gasteiger partial charge in [0.05, 0.1) is 7.11 Å². The van der Waals surface area contributed by atoms with Gasteiger partial charge in [-0.1, -0.05) is 0 Å². The molecule has 0 fully saturated rings. The Labute approximate surface area is 89.5 Å². The molecule has 0 aliphatic heterocycles. The molecule has 0 aliphatic carbocycles. The van der Waals surface area contributed by atoms with E-state index in [1.807, 2.05) is 0 Å². The number of carbonyl (C=O) groups excluding carboxylic acids is 1. The first-order valence-electron chi connectivity index (χ1n) is 4.48. The van der Waals surface area contributed by atoms with Crippen molar-refractivity contribution in [2.75, 3.05) is 32.3 Å². The van der Waals surface area contributed by atoms with E-state index in [9.17, 15) is 4.79 Å². The molecule has 0 radical (unpaired) electrons. The van der Waals surface area contributed by atoms with Crippen LogP contribution in [0.2, 0.25) is 0 Å². The first-order valence-corrected chi connectivity index (χ1v) is 5.64. The van der Waals surface area contributed by atoms with Gasteiger partial charge < -0.3 is 15.2 Å². The fourth-order valence-electron chi connectivity index (χ4n) is 0.882. The number of esters is 1. The van der Waals surface area contributed by atoms with Gasteiger partial charge in [0, 0.05) is 19.5 Å². The Kier molecular flexibility index (Phi) is 6.96. The van der Waals surface area contributed by atoms with Crippen LogP contribution in [0.15, 0.2) is 0 Å². The van der Waals surface area contributed by atoms with Crippen molar-refractivity contribution in [1.29, 1.82) is 0 Å². The second kappa shape index (κ2) is 7.09. The van der Waals surface area contributed by atoms with Crippen molar-refractivity contribution in [3.05, 3.63) is 0 Å². The zero-order valence-electron chi connectivity index (χ0n) is 9.04. The molecule has 14 heavy (non-hydrogen) atoms. The molecule has 1 atom stereocenters. The van der Waals surface area contributed by atoms with E-state index in [1.54, 1.807) is 25.8 Å². The summed E-state index contributed by atoms with van der Waals surface area (Å²) in [5, 5.41) is 0. The SMILES string of the molecule is COCCCSCC(C)(N)C(=O)OC. The van der Waals surface area contributed by atoms with Crippen LogP contribution in [0, 0.1) is 0 Å². The fraction of sp³-hybridized carbons (Fsp3) is 0.889. The number of thioether (sulfide) groups is 1. The number of hydrogen-bond acceptors (Lipinski definition) is 5. The molecule has 0 aliphatic rings. The normalized spacial score (nSPS) is 14.9. The van der Waals surface area contributed by atoms with E-state index < -0.39 is 5.54 Å². The summed E-state index contributed by atoms with van der Waals surface area (Å²) >= 11 is 1.64. The maximum absolute atomic E-state index is 11.2. The quantitative estimate of drug-likeness (QED) is 0.505. The molecule has 2 N–H and O–H groups in total. The van der Waals surface area contributed by atoms with Gasteiger partial charge >= 0.3 is 5.97 Å². The van der Waals surface area contributed by atoms with Crippen LogP contribution in [0.3, 0.4) is 0 Å². The minimum absolute atomic E-state index is 0.364. The molecule has 0 saturated heterocycles. The first-order chi connectivity index (χ1) is 6.54. The number of rotatable bonds is 7. The molecule has 0 saturated carbocycles. The van der Waals surface area contributed by atoms with Crippen LogP contribution in [0.25, 0.3) is 0 Å². The minimum Gasteiger partial charge on any atom is -0.468 e. The fourth-order valence-corrected chi connectivity index (χ4v) is 1.89. The van der Waals surface area contributed by atoms with Crippen molar-refractivity contribution < 1.29 is 14.3 Å². The van der Waals surface area contributed by atoms with E-state index in [-0.39, 0.29) is 5.97 Å². The summed E-state index contributed by atoms with van der Waals surface area (Å²) in [6, 6.07) is 0. The van der Waals surface area contributed by atoms with Crippen LogP contribution in [0.1, 0.15) is 13.3 Å². The average molecular weight is 221 g/mol. The van der Waals surface area contributed by atoms with Crippen molar-refractivity contribution in [3.8, 4) is 0 Å². The van der Waals surface area contributed by atoms with Gasteiger partial charge in [-0.15, -0.1) is 0 Å². The summed E-state index contributed by atoms with van der Waals surface area (Å²) in [5.74, 6) is 1.15. The molecular weight excluding hydrogens is 202 g/mol. The Morgan fingerprint density at radius 3 is 2.64 bits per heavy atom. The Morgan fingerprint density at radius 2 is 2.14 bits per heavy atom. The van der Waals surface area contributed by atoms with Crippen LogP contribution in [0.4, 0.5) is 0 Å². The maximum atomic E-state index is 11.2. The maximum Gasteiger partial charge on any atom is 0.326 e. The van der Waals surface area contributed by atoms with Gasteiger partial charge in [-0.2, -0.15) is 11.8 Å². The van der Waals surface area contributed by atoms with Crippen molar-refractivity contribution >= 4 is 17.7 Å². The third-order valence-corrected chi connectivity index (χ3v) is 3.07. The lowest BCUT2D eigenvalue weighted by Gasteiger charge is -2.20. The van der Waals surface area contributed by atoms with Gasteiger partial charge in [-0.05, 0) is 19.1 Å². The summed E-state index contributed by atoms with van der Waals surface area (Å²) in [7, 11) is 3.02. The number of carbonyl (C=O) groups is 1. The molecule has 4 nitrogen and oxygen atoms in total. The van der Waals surface area contributed by atoms with E-state index in [4.69, 9.17) is 10.5 Å². The number of methoxy groups -OCH3 is 2. The molecule has 0 bridgehead atoms. The van der Waals surface area contributed by atoms with E-state index in [1.165, 1.54) is 7.11 Å². The van der Waals surface area contributed by atoms with Gasteiger partial charge in [-0.3, -0.25) is 4.79 Å². The third kappa shape index (κ3) is 5.47. The molecule has 0 aromatic carbocycles. The second-order valence-electron chi connectivity index (χ2n) is 3.31. The second-order valence-corrected chi connectivity index (χ2v) is 4.41. The highest BCUT2D eigenvalue weighted by Crippen LogP contribution is 2.12. The van der Waals surface area contributed by atoms with Gasteiger partial charge in [0.2, 0.25) is 0 Å². The van der Waals surface area contributed by atoms with Crippen LogP contribution in [0.5, 0.6) is 0 Å². The molecule has 84 valence electrons. The standard InChI is InChI=1S/C9H19NO3S/c1-9(10,8(11)13-3)7-14-6-4-5-12-2/h4-7,10H2,1-3H3. The van der Waals surface area contributed by atoms with E-state index in [0.29, 0.717) is 5.75 Å². The molecule has 0 amide bonds. The van der Waals surface area contributed by atoms with Crippen molar-refractivity contribution in [2.24, 2.45) is 5.73 Å². The monoisotopic (exact) mass is 221 g/mol. The van der Waals surface area contributed by atoms with Crippen LogP contribution in [-0.2, 0) is 14.3 Å². The van der Waals surface area contributed by atoms with Crippen molar-refractivity contribution in [1.82, 2.24) is 0 Å². The number of hydrogen-bond donors (Lipinski definition) is 1. The van der Waals surface area contributed by atoms with Crippen molar-refractivity contribution in [2.45, 2.75) is 18.9 Å². The molecular formula is C9H19NO3S. The smallest absolute Gasteiger partial charge is 0.326 e. The van der Waals surface area contributed by atoms with Gasteiger partial charge in [0.25, 0.3) is 0 Å². The Balaban J connectivity index is 3.60. The predicted molar refractivity (Wildman–Crippen MR) is 58.4 cm³/mol. The zero-order valence-corrected chi connectivity index (χ0v) is 9.86. The summed E-state index contributed by atoms with van der Waals surface area (Å²) < 4.78 is 9.50. The summed E-state index contributed by atoms with van der Waals surface area (Å²) in [6.07, 6.45) is 0.971. The number of nitrogens with two attached hydrogens (primary N) is 1. The van der Waals surface area contributed by atoms with Gasteiger partial charge in [0.1, 0.15) is 5.54 Å². The molecule has 1 unspecified atom stereocenters. The lowest BCUT2D eigenvalue weighted by atomic mass is 10.1. The molecule has 0 spiro atoms. The largest absolute Gasteiger partial charge is 0.468 e. The highest BCUT2D eigenvalue weighted by atomic mass is 32.2. The van der Waals surface area contributed by atoms with Gasteiger partial charge in [-0.25, -0.2) is 0 Å². The Morgan fingerprint density at radius 1 is 1.50 bits per heavy atom. The molecule has 5 heteroatoms. The van der Waals surface area contributed by atoms with Gasteiger partial charge in [0.15, 0.2) is 0 Å². The average Bonchev–Trinajstić information content (AvgIpc) is 2.16. The highest BCUT2D eigenvalue weighted by Gasteiger charge is 2.28. The van der Waals surface area contributed by atoms with Crippen LogP contribution >= 0.6 is 11.8 Å². The molecule has 0 heterocycles. The van der Waals surface area contributed by atoms with Crippen LogP contribution in [-0.4, -0.2) is 43.8 Å². The highest BCUT2D eigenvalue weighted by molar-refractivity contribution is 7.99. The topological polar surface area (TPSA) is 61.5 Å². The molecule has 0 rings (SSSR count). The van der Waals surface area contributed by atoms with E-state index >= 15 is 0 Å². The lowest BCUT2D eigenvalue weighted by molar-refractivity contribution is -0.145.